The third-order valence-electron chi connectivity index (χ3n) is 3.92. The summed E-state index contributed by atoms with van der Waals surface area (Å²) in [5.41, 5.74) is 5.72. The van der Waals surface area contributed by atoms with Gasteiger partial charge >= 0.3 is 11.8 Å². The summed E-state index contributed by atoms with van der Waals surface area (Å²) in [6, 6.07) is 17.0. The van der Waals surface area contributed by atoms with Gasteiger partial charge in [0.05, 0.1) is 12.8 Å². The second-order valence-electron chi connectivity index (χ2n) is 6.18. The fraction of sp³-hybridized carbons (Fsp3) is 0.0952. The zero-order valence-corrected chi connectivity index (χ0v) is 17.2. The van der Waals surface area contributed by atoms with Crippen LogP contribution in [0.5, 0.6) is 0 Å². The fourth-order valence-corrected chi connectivity index (χ4v) is 3.24. The lowest BCUT2D eigenvalue weighted by atomic mass is 10.1. The number of nitrogens with zero attached hydrogens (tertiary/aromatic N) is 1. The number of hydrazone groups is 1. The van der Waals surface area contributed by atoms with E-state index in [9.17, 15) is 9.59 Å². The van der Waals surface area contributed by atoms with Crippen molar-refractivity contribution in [1.82, 2.24) is 10.7 Å². The summed E-state index contributed by atoms with van der Waals surface area (Å²) in [6.45, 7) is 2.32. The Labute approximate surface area is 177 Å². The minimum Gasteiger partial charge on any atom is -0.355 e. The van der Waals surface area contributed by atoms with E-state index in [0.29, 0.717) is 17.1 Å². The highest BCUT2D eigenvalue weighted by Gasteiger charge is 2.12. The highest BCUT2D eigenvalue weighted by Crippen LogP contribution is 2.23. The molecule has 2 amide bonds. The first-order valence-corrected chi connectivity index (χ1v) is 10.0. The molecule has 148 valence electrons. The molecule has 0 fully saturated rings. The van der Waals surface area contributed by atoms with E-state index in [2.05, 4.69) is 21.2 Å². The average molecular weight is 427 g/mol. The Kier molecular flexibility index (Phi) is 6.99. The van der Waals surface area contributed by atoms with E-state index in [4.69, 9.17) is 11.6 Å². The number of thiophene rings is 1. The van der Waals surface area contributed by atoms with Gasteiger partial charge in [-0.2, -0.15) is 5.10 Å². The lowest BCUT2D eigenvalue weighted by Gasteiger charge is -2.10. The molecule has 0 saturated carbocycles. The smallest absolute Gasteiger partial charge is 0.329 e. The number of amides is 2. The van der Waals surface area contributed by atoms with Crippen LogP contribution < -0.4 is 16.1 Å². The average Bonchev–Trinajstić information content (AvgIpc) is 3.23. The molecule has 0 unspecified atom stereocenters. The van der Waals surface area contributed by atoms with Crippen LogP contribution in [0.15, 0.2) is 65.1 Å². The first kappa shape index (κ1) is 20.6. The summed E-state index contributed by atoms with van der Waals surface area (Å²) in [7, 11) is 0. The van der Waals surface area contributed by atoms with E-state index >= 15 is 0 Å². The normalized spacial score (nSPS) is 10.7. The fourth-order valence-electron chi connectivity index (χ4n) is 2.42. The molecule has 2 aromatic carbocycles. The molecule has 0 radical (unpaired) electrons. The lowest BCUT2D eigenvalue weighted by molar-refractivity contribution is -0.139. The quantitative estimate of drug-likeness (QED) is 0.313. The summed E-state index contributed by atoms with van der Waals surface area (Å²) >= 11 is 7.58. The van der Waals surface area contributed by atoms with Crippen LogP contribution in [0.3, 0.4) is 0 Å². The minimum absolute atomic E-state index is 0.298. The third-order valence-corrected chi connectivity index (χ3v) is 5.03. The molecule has 0 bridgehead atoms. The molecule has 1 aromatic heterocycles. The molecule has 29 heavy (non-hydrogen) atoms. The zero-order valence-electron chi connectivity index (χ0n) is 15.6. The number of carbonyl (C=O) groups excluding carboxylic acids is 2. The van der Waals surface area contributed by atoms with Gasteiger partial charge in [0.2, 0.25) is 0 Å². The molecule has 0 spiro atoms. The zero-order chi connectivity index (χ0) is 20.6. The number of benzene rings is 2. The Balaban J connectivity index is 1.61. The maximum atomic E-state index is 11.9. The molecule has 3 rings (SSSR count). The predicted molar refractivity (Wildman–Crippen MR) is 118 cm³/mol. The van der Waals surface area contributed by atoms with Crippen molar-refractivity contribution >= 4 is 52.3 Å². The van der Waals surface area contributed by atoms with Gasteiger partial charge in [-0.1, -0.05) is 35.4 Å². The lowest BCUT2D eigenvalue weighted by Crippen LogP contribution is -2.37. The number of carbonyl (C=O) groups is 2. The van der Waals surface area contributed by atoms with E-state index in [1.165, 1.54) is 17.6 Å². The van der Waals surface area contributed by atoms with Crippen LogP contribution in [-0.4, -0.2) is 18.0 Å². The maximum Gasteiger partial charge on any atom is 0.329 e. The van der Waals surface area contributed by atoms with Crippen LogP contribution in [-0.2, 0) is 16.1 Å². The summed E-state index contributed by atoms with van der Waals surface area (Å²) in [6.07, 6.45) is 1.44. The molecule has 1 heterocycles. The molecule has 8 heteroatoms. The molecule has 0 atom stereocenters. The Morgan fingerprint density at radius 2 is 1.90 bits per heavy atom. The van der Waals surface area contributed by atoms with Crippen molar-refractivity contribution in [2.45, 2.75) is 13.5 Å². The molecular weight excluding hydrogens is 408 g/mol. The second kappa shape index (κ2) is 9.86. The molecule has 3 aromatic rings. The summed E-state index contributed by atoms with van der Waals surface area (Å²) in [5, 5.41) is 12.1. The van der Waals surface area contributed by atoms with Crippen molar-refractivity contribution < 1.29 is 9.59 Å². The maximum absolute atomic E-state index is 11.9. The molecular formula is C21H19ClN4O2S. The monoisotopic (exact) mass is 426 g/mol. The van der Waals surface area contributed by atoms with Crippen LogP contribution in [0.1, 0.15) is 16.0 Å². The number of nitrogens with one attached hydrogen (secondary N) is 3. The molecule has 0 saturated heterocycles. The number of rotatable bonds is 6. The summed E-state index contributed by atoms with van der Waals surface area (Å²) in [5.74, 6) is -1.59. The van der Waals surface area contributed by atoms with E-state index in [0.717, 1.165) is 21.8 Å². The standard InChI is InChI=1S/C21H19ClN4O2S/c1-14-4-7-17(8-5-14)25-19-9-6-16(22)11-15(19)12-24-26-21(28)20(27)23-13-18-3-2-10-29-18/h2-12,25H,13H2,1H3,(H,23,27)(H,26,28)/b24-12-. The highest BCUT2D eigenvalue weighted by molar-refractivity contribution is 7.09. The first-order chi connectivity index (χ1) is 14.0. The second-order valence-corrected chi connectivity index (χ2v) is 7.65. The van der Waals surface area contributed by atoms with Crippen molar-refractivity contribution in [3.05, 3.63) is 81.0 Å². The van der Waals surface area contributed by atoms with Crippen molar-refractivity contribution in [2.24, 2.45) is 5.10 Å². The van der Waals surface area contributed by atoms with Gasteiger partial charge in [-0.3, -0.25) is 9.59 Å². The molecule has 3 N–H and O–H groups in total. The van der Waals surface area contributed by atoms with Crippen molar-refractivity contribution in [3.63, 3.8) is 0 Å². The number of hydrogen-bond donors (Lipinski definition) is 3. The minimum atomic E-state index is -0.840. The Bertz CT molecular complexity index is 1020. The highest BCUT2D eigenvalue weighted by atomic mass is 35.5. The topological polar surface area (TPSA) is 82.6 Å². The first-order valence-electron chi connectivity index (χ1n) is 8.78. The van der Waals surface area contributed by atoms with Gasteiger partial charge in [0.1, 0.15) is 0 Å². The summed E-state index contributed by atoms with van der Waals surface area (Å²) in [4.78, 5) is 24.7. The molecule has 0 aliphatic carbocycles. The number of halogens is 1. The van der Waals surface area contributed by atoms with Crippen LogP contribution in [0.25, 0.3) is 0 Å². The van der Waals surface area contributed by atoms with Gasteiger partial charge < -0.3 is 10.6 Å². The van der Waals surface area contributed by atoms with Gasteiger partial charge in [-0.15, -0.1) is 11.3 Å². The van der Waals surface area contributed by atoms with Crippen LogP contribution in [0, 0.1) is 6.92 Å². The number of anilines is 2. The van der Waals surface area contributed by atoms with Gasteiger partial charge in [-0.25, -0.2) is 5.43 Å². The van der Waals surface area contributed by atoms with E-state index in [1.807, 2.05) is 54.8 Å². The number of aryl methyl sites for hydroxylation is 1. The van der Waals surface area contributed by atoms with E-state index < -0.39 is 11.8 Å². The SMILES string of the molecule is Cc1ccc(Nc2ccc(Cl)cc2/C=N\NC(=O)C(=O)NCc2cccs2)cc1. The van der Waals surface area contributed by atoms with Crippen molar-refractivity contribution in [1.29, 1.82) is 0 Å². The van der Waals surface area contributed by atoms with Crippen LogP contribution in [0.2, 0.25) is 5.02 Å². The van der Waals surface area contributed by atoms with Crippen molar-refractivity contribution in [3.8, 4) is 0 Å². The predicted octanol–water partition coefficient (Wildman–Crippen LogP) is 4.22. The van der Waals surface area contributed by atoms with E-state index in [1.54, 1.807) is 12.1 Å². The molecule has 0 aliphatic heterocycles. The number of hydrogen-bond acceptors (Lipinski definition) is 5. The largest absolute Gasteiger partial charge is 0.355 e. The third kappa shape index (κ3) is 6.17. The Hall–Kier alpha value is -3.16. The van der Waals surface area contributed by atoms with E-state index in [-0.39, 0.29) is 0 Å². The van der Waals surface area contributed by atoms with Gasteiger partial charge in [0.25, 0.3) is 0 Å². The van der Waals surface area contributed by atoms with Crippen LogP contribution in [0.4, 0.5) is 11.4 Å². The Morgan fingerprint density at radius 1 is 1.10 bits per heavy atom. The van der Waals surface area contributed by atoms with Crippen molar-refractivity contribution in [2.75, 3.05) is 5.32 Å². The van der Waals surface area contributed by atoms with Gasteiger partial charge in [0, 0.05) is 26.8 Å². The Morgan fingerprint density at radius 3 is 2.62 bits per heavy atom. The van der Waals surface area contributed by atoms with Gasteiger partial charge in [-0.05, 0) is 48.7 Å². The molecule has 6 nitrogen and oxygen atoms in total. The summed E-state index contributed by atoms with van der Waals surface area (Å²) < 4.78 is 0. The molecule has 0 aliphatic rings. The van der Waals surface area contributed by atoms with Crippen LogP contribution >= 0.6 is 22.9 Å². The van der Waals surface area contributed by atoms with Gasteiger partial charge in [0.15, 0.2) is 0 Å².